The van der Waals surface area contributed by atoms with E-state index in [-0.39, 0.29) is 18.4 Å². The smallest absolute Gasteiger partial charge is 0.239 e. The second kappa shape index (κ2) is 7.58. The van der Waals surface area contributed by atoms with Crippen LogP contribution in [-0.4, -0.2) is 49.6 Å². The first-order chi connectivity index (χ1) is 10.2. The molecule has 21 heavy (non-hydrogen) atoms. The Bertz CT molecular complexity index is 501. The van der Waals surface area contributed by atoms with Gasteiger partial charge in [0.2, 0.25) is 11.8 Å². The number of carbonyl (C=O) groups is 2. The molecular formula is C14H20N4O3. The number of rotatable bonds is 5. The molecule has 0 radical (unpaired) electrons. The average Bonchev–Trinajstić information content (AvgIpc) is 2.52. The lowest BCUT2D eigenvalue weighted by Crippen LogP contribution is -2.38. The highest BCUT2D eigenvalue weighted by molar-refractivity contribution is 5.83. The third-order valence-electron chi connectivity index (χ3n) is 3.15. The van der Waals surface area contributed by atoms with Crippen molar-refractivity contribution in [2.45, 2.75) is 13.5 Å². The Labute approximate surface area is 123 Å². The highest BCUT2D eigenvalue weighted by Gasteiger charge is 2.16. The Morgan fingerprint density at radius 3 is 2.81 bits per heavy atom. The summed E-state index contributed by atoms with van der Waals surface area (Å²) in [6.45, 7) is 4.72. The van der Waals surface area contributed by atoms with Gasteiger partial charge in [-0.2, -0.15) is 0 Å². The third kappa shape index (κ3) is 4.71. The molecule has 0 aromatic carbocycles. The second-order valence-electron chi connectivity index (χ2n) is 4.77. The van der Waals surface area contributed by atoms with E-state index in [1.807, 2.05) is 12.1 Å². The summed E-state index contributed by atoms with van der Waals surface area (Å²) in [5.74, 6) is 0.433. The van der Waals surface area contributed by atoms with Crippen LogP contribution in [0.5, 0.6) is 0 Å². The number of ether oxygens (including phenoxy) is 1. The molecule has 1 aliphatic rings. The van der Waals surface area contributed by atoms with E-state index in [0.29, 0.717) is 19.8 Å². The van der Waals surface area contributed by atoms with Crippen molar-refractivity contribution in [2.75, 3.05) is 37.7 Å². The van der Waals surface area contributed by atoms with E-state index in [4.69, 9.17) is 4.74 Å². The number of anilines is 1. The van der Waals surface area contributed by atoms with Crippen LogP contribution >= 0.6 is 0 Å². The molecule has 2 N–H and O–H groups in total. The number of aromatic nitrogens is 1. The van der Waals surface area contributed by atoms with Crippen molar-refractivity contribution in [3.63, 3.8) is 0 Å². The van der Waals surface area contributed by atoms with Crippen LogP contribution in [0.15, 0.2) is 18.3 Å². The van der Waals surface area contributed by atoms with Crippen LogP contribution in [-0.2, 0) is 20.9 Å². The second-order valence-corrected chi connectivity index (χ2v) is 4.77. The van der Waals surface area contributed by atoms with Gasteiger partial charge in [-0.3, -0.25) is 9.59 Å². The van der Waals surface area contributed by atoms with Gasteiger partial charge < -0.3 is 20.3 Å². The summed E-state index contributed by atoms with van der Waals surface area (Å²) in [5, 5.41) is 5.25. The first-order valence-electron chi connectivity index (χ1n) is 6.94. The number of nitrogens with one attached hydrogen (secondary N) is 2. The number of hydrogen-bond acceptors (Lipinski definition) is 5. The zero-order valence-corrected chi connectivity index (χ0v) is 12.1. The maximum absolute atomic E-state index is 11.6. The predicted molar refractivity (Wildman–Crippen MR) is 77.8 cm³/mol. The largest absolute Gasteiger partial charge is 0.378 e. The molecule has 2 rings (SSSR count). The van der Waals surface area contributed by atoms with Gasteiger partial charge in [-0.05, 0) is 6.07 Å². The molecular weight excluding hydrogens is 272 g/mol. The van der Waals surface area contributed by atoms with Gasteiger partial charge in [-0.25, -0.2) is 4.98 Å². The van der Waals surface area contributed by atoms with Crippen molar-refractivity contribution in [1.29, 1.82) is 0 Å². The quantitative estimate of drug-likeness (QED) is 0.776. The fourth-order valence-corrected chi connectivity index (χ4v) is 2.09. The van der Waals surface area contributed by atoms with E-state index in [2.05, 4.69) is 20.5 Å². The molecule has 1 fully saturated rings. The summed E-state index contributed by atoms with van der Waals surface area (Å²) in [5.41, 5.74) is 0.954. The van der Waals surface area contributed by atoms with Gasteiger partial charge in [0.05, 0.1) is 19.8 Å². The highest BCUT2D eigenvalue weighted by atomic mass is 16.5. The summed E-state index contributed by atoms with van der Waals surface area (Å²) in [6.07, 6.45) is 1.74. The Hall–Kier alpha value is -2.15. The molecule has 114 valence electrons. The lowest BCUT2D eigenvalue weighted by molar-refractivity contribution is -0.125. The lowest BCUT2D eigenvalue weighted by Gasteiger charge is -2.29. The maximum Gasteiger partial charge on any atom is 0.239 e. The van der Waals surface area contributed by atoms with Gasteiger partial charge in [0.15, 0.2) is 0 Å². The van der Waals surface area contributed by atoms with Gasteiger partial charge in [0.25, 0.3) is 0 Å². The fourth-order valence-electron chi connectivity index (χ4n) is 2.09. The molecule has 1 aromatic heterocycles. The van der Waals surface area contributed by atoms with Crippen LogP contribution in [0.25, 0.3) is 0 Å². The van der Waals surface area contributed by atoms with Crippen LogP contribution in [0.1, 0.15) is 12.5 Å². The van der Waals surface area contributed by atoms with Crippen molar-refractivity contribution >= 4 is 17.6 Å². The first kappa shape index (κ1) is 15.2. The SMILES string of the molecule is CC(=O)NCC(=O)NCc1cccnc1N1CCOCC1. The normalized spacial score (nSPS) is 14.6. The minimum atomic E-state index is -0.222. The molecule has 1 aliphatic heterocycles. The minimum Gasteiger partial charge on any atom is -0.378 e. The summed E-state index contributed by atoms with van der Waals surface area (Å²) in [6, 6.07) is 3.79. The van der Waals surface area contributed by atoms with Crippen molar-refractivity contribution in [1.82, 2.24) is 15.6 Å². The van der Waals surface area contributed by atoms with Gasteiger partial charge in [0, 0.05) is 38.3 Å². The topological polar surface area (TPSA) is 83.6 Å². The van der Waals surface area contributed by atoms with E-state index >= 15 is 0 Å². The number of nitrogens with zero attached hydrogens (tertiary/aromatic N) is 2. The molecule has 2 heterocycles. The zero-order chi connectivity index (χ0) is 15.1. The van der Waals surface area contributed by atoms with Crippen LogP contribution in [0.4, 0.5) is 5.82 Å². The van der Waals surface area contributed by atoms with Crippen LogP contribution < -0.4 is 15.5 Å². The number of morpholine rings is 1. The van der Waals surface area contributed by atoms with Crippen molar-refractivity contribution in [2.24, 2.45) is 0 Å². The van der Waals surface area contributed by atoms with E-state index in [1.165, 1.54) is 6.92 Å². The summed E-state index contributed by atoms with van der Waals surface area (Å²) in [4.78, 5) is 28.9. The molecule has 1 aromatic rings. The van der Waals surface area contributed by atoms with Crippen molar-refractivity contribution in [3.8, 4) is 0 Å². The first-order valence-corrected chi connectivity index (χ1v) is 6.94. The fraction of sp³-hybridized carbons (Fsp3) is 0.500. The summed E-state index contributed by atoms with van der Waals surface area (Å²) < 4.78 is 5.33. The Morgan fingerprint density at radius 1 is 1.33 bits per heavy atom. The standard InChI is InChI=1S/C14H20N4O3/c1-11(19)16-10-13(20)17-9-12-3-2-4-15-14(12)18-5-7-21-8-6-18/h2-4H,5-10H2,1H3,(H,16,19)(H,17,20). The maximum atomic E-state index is 11.6. The molecule has 0 saturated carbocycles. The van der Waals surface area contributed by atoms with Gasteiger partial charge in [-0.15, -0.1) is 0 Å². The summed E-state index contributed by atoms with van der Waals surface area (Å²) >= 11 is 0. The monoisotopic (exact) mass is 292 g/mol. The number of pyridine rings is 1. The molecule has 2 amide bonds. The summed E-state index contributed by atoms with van der Waals surface area (Å²) in [7, 11) is 0. The van der Waals surface area contributed by atoms with Crippen LogP contribution in [0.2, 0.25) is 0 Å². The van der Waals surface area contributed by atoms with E-state index in [0.717, 1.165) is 24.5 Å². The van der Waals surface area contributed by atoms with Crippen LogP contribution in [0, 0.1) is 0 Å². The van der Waals surface area contributed by atoms with Gasteiger partial charge in [0.1, 0.15) is 5.82 Å². The van der Waals surface area contributed by atoms with E-state index in [9.17, 15) is 9.59 Å². The number of amides is 2. The Kier molecular flexibility index (Phi) is 5.51. The molecule has 7 nitrogen and oxygen atoms in total. The van der Waals surface area contributed by atoms with Crippen molar-refractivity contribution in [3.05, 3.63) is 23.9 Å². The Balaban J connectivity index is 1.93. The number of hydrogen-bond donors (Lipinski definition) is 2. The van der Waals surface area contributed by atoms with Crippen molar-refractivity contribution < 1.29 is 14.3 Å². The molecule has 7 heteroatoms. The molecule has 0 aliphatic carbocycles. The third-order valence-corrected chi connectivity index (χ3v) is 3.15. The van der Waals surface area contributed by atoms with Gasteiger partial charge >= 0.3 is 0 Å². The lowest BCUT2D eigenvalue weighted by atomic mass is 10.2. The Morgan fingerprint density at radius 2 is 2.10 bits per heavy atom. The molecule has 0 bridgehead atoms. The minimum absolute atomic E-state index is 0.0114. The highest BCUT2D eigenvalue weighted by Crippen LogP contribution is 2.18. The zero-order valence-electron chi connectivity index (χ0n) is 12.1. The molecule has 0 unspecified atom stereocenters. The average molecular weight is 292 g/mol. The van der Waals surface area contributed by atoms with E-state index < -0.39 is 0 Å². The molecule has 0 atom stereocenters. The number of carbonyl (C=O) groups excluding carboxylic acids is 2. The molecule has 0 spiro atoms. The predicted octanol–water partition coefficient (Wildman–Crippen LogP) is -0.329. The molecule has 1 saturated heterocycles. The van der Waals surface area contributed by atoms with Gasteiger partial charge in [-0.1, -0.05) is 6.07 Å². The van der Waals surface area contributed by atoms with Crippen LogP contribution in [0.3, 0.4) is 0 Å². The van der Waals surface area contributed by atoms with E-state index in [1.54, 1.807) is 6.20 Å².